The SMILES string of the molecule is CCC(O)CN1N=C(c2ccccc2)CCC1=O. The number of carbonyl (C=O) groups excluding carboxylic acids is 1. The van der Waals surface area contributed by atoms with Gasteiger partial charge in [-0.15, -0.1) is 0 Å². The fraction of sp³-hybridized carbons (Fsp3) is 0.429. The number of benzene rings is 1. The van der Waals surface area contributed by atoms with Gasteiger partial charge in [-0.1, -0.05) is 37.3 Å². The molecule has 0 fully saturated rings. The van der Waals surface area contributed by atoms with Gasteiger partial charge in [0.25, 0.3) is 0 Å². The zero-order chi connectivity index (χ0) is 13.0. The van der Waals surface area contributed by atoms with Crippen molar-refractivity contribution in [2.24, 2.45) is 5.10 Å². The van der Waals surface area contributed by atoms with E-state index in [9.17, 15) is 9.90 Å². The Morgan fingerprint density at radius 1 is 1.33 bits per heavy atom. The first kappa shape index (κ1) is 12.8. The number of rotatable bonds is 4. The van der Waals surface area contributed by atoms with Crippen LogP contribution in [0.15, 0.2) is 35.4 Å². The van der Waals surface area contributed by atoms with Crippen LogP contribution in [0.1, 0.15) is 31.7 Å². The van der Waals surface area contributed by atoms with E-state index in [1.165, 1.54) is 5.01 Å². The van der Waals surface area contributed by atoms with Gasteiger partial charge in [0.2, 0.25) is 5.91 Å². The molecule has 4 nitrogen and oxygen atoms in total. The average molecular weight is 246 g/mol. The van der Waals surface area contributed by atoms with Crippen molar-refractivity contribution in [2.75, 3.05) is 6.54 Å². The maximum Gasteiger partial charge on any atom is 0.243 e. The molecule has 1 heterocycles. The molecule has 0 spiro atoms. The third-order valence-corrected chi connectivity index (χ3v) is 3.07. The topological polar surface area (TPSA) is 52.9 Å². The van der Waals surface area contributed by atoms with Crippen molar-refractivity contribution in [1.29, 1.82) is 0 Å². The van der Waals surface area contributed by atoms with Gasteiger partial charge in [-0.25, -0.2) is 5.01 Å². The predicted molar refractivity (Wildman–Crippen MR) is 70.2 cm³/mol. The highest BCUT2D eigenvalue weighted by Gasteiger charge is 2.22. The van der Waals surface area contributed by atoms with E-state index >= 15 is 0 Å². The molecule has 1 unspecified atom stereocenters. The number of carbonyl (C=O) groups is 1. The van der Waals surface area contributed by atoms with E-state index in [2.05, 4.69) is 5.10 Å². The summed E-state index contributed by atoms with van der Waals surface area (Å²) in [5.41, 5.74) is 1.96. The number of amides is 1. The van der Waals surface area contributed by atoms with Gasteiger partial charge >= 0.3 is 0 Å². The number of hydrogen-bond acceptors (Lipinski definition) is 3. The van der Waals surface area contributed by atoms with E-state index in [1.807, 2.05) is 37.3 Å². The smallest absolute Gasteiger partial charge is 0.243 e. The van der Waals surface area contributed by atoms with Crippen LogP contribution in [0.25, 0.3) is 0 Å². The molecule has 1 aliphatic heterocycles. The van der Waals surface area contributed by atoms with E-state index in [0.29, 0.717) is 19.3 Å². The van der Waals surface area contributed by atoms with Crippen LogP contribution in [0.4, 0.5) is 0 Å². The van der Waals surface area contributed by atoms with Crippen LogP contribution in [0, 0.1) is 0 Å². The molecular weight excluding hydrogens is 228 g/mol. The minimum Gasteiger partial charge on any atom is -0.391 e. The van der Waals surface area contributed by atoms with Crippen molar-refractivity contribution in [2.45, 2.75) is 32.3 Å². The van der Waals surface area contributed by atoms with Crippen LogP contribution in [-0.2, 0) is 4.79 Å². The highest BCUT2D eigenvalue weighted by Crippen LogP contribution is 2.15. The summed E-state index contributed by atoms with van der Waals surface area (Å²) in [4.78, 5) is 11.7. The molecule has 18 heavy (non-hydrogen) atoms. The van der Waals surface area contributed by atoms with Crippen molar-refractivity contribution in [3.8, 4) is 0 Å². The van der Waals surface area contributed by atoms with Gasteiger partial charge in [-0.05, 0) is 12.0 Å². The number of hydrogen-bond donors (Lipinski definition) is 1. The number of aliphatic hydroxyl groups excluding tert-OH is 1. The number of β-amino-alcohol motifs (C(OH)–C–C–N with tert-alkyl or cyclic N) is 1. The van der Waals surface area contributed by atoms with Crippen LogP contribution in [-0.4, -0.2) is 34.4 Å². The summed E-state index contributed by atoms with van der Waals surface area (Å²) >= 11 is 0. The Labute approximate surface area is 107 Å². The van der Waals surface area contributed by atoms with E-state index in [4.69, 9.17) is 0 Å². The van der Waals surface area contributed by atoms with Crippen LogP contribution < -0.4 is 0 Å². The summed E-state index contributed by atoms with van der Waals surface area (Å²) in [7, 11) is 0. The number of hydrazone groups is 1. The molecule has 4 heteroatoms. The minimum absolute atomic E-state index is 0.0119. The van der Waals surface area contributed by atoms with Crippen molar-refractivity contribution >= 4 is 11.6 Å². The zero-order valence-electron chi connectivity index (χ0n) is 10.5. The molecule has 1 aliphatic rings. The lowest BCUT2D eigenvalue weighted by Gasteiger charge is -2.25. The van der Waals surface area contributed by atoms with Crippen LogP contribution in [0.3, 0.4) is 0 Å². The molecule has 1 N–H and O–H groups in total. The summed E-state index contributed by atoms with van der Waals surface area (Å²) in [6, 6.07) is 9.85. The maximum atomic E-state index is 11.7. The minimum atomic E-state index is -0.507. The first-order chi connectivity index (χ1) is 8.70. The van der Waals surface area contributed by atoms with E-state index in [1.54, 1.807) is 0 Å². The Morgan fingerprint density at radius 3 is 2.72 bits per heavy atom. The average Bonchev–Trinajstić information content (AvgIpc) is 2.42. The second-order valence-electron chi connectivity index (χ2n) is 4.45. The Morgan fingerprint density at radius 2 is 2.06 bits per heavy atom. The quantitative estimate of drug-likeness (QED) is 0.880. The molecular formula is C14H18N2O2. The summed E-state index contributed by atoms with van der Waals surface area (Å²) < 4.78 is 0. The molecule has 0 aliphatic carbocycles. The lowest BCUT2D eigenvalue weighted by atomic mass is 10.0. The highest BCUT2D eigenvalue weighted by atomic mass is 16.3. The summed E-state index contributed by atoms with van der Waals surface area (Å²) in [5, 5.41) is 15.4. The molecule has 0 saturated carbocycles. The third-order valence-electron chi connectivity index (χ3n) is 3.07. The van der Waals surface area contributed by atoms with Gasteiger partial charge in [0.15, 0.2) is 0 Å². The molecule has 0 aromatic heterocycles. The van der Waals surface area contributed by atoms with Gasteiger partial charge in [-0.2, -0.15) is 5.10 Å². The largest absolute Gasteiger partial charge is 0.391 e. The van der Waals surface area contributed by atoms with Gasteiger partial charge < -0.3 is 5.11 Å². The lowest BCUT2D eigenvalue weighted by molar-refractivity contribution is -0.133. The molecule has 1 amide bonds. The first-order valence-corrected chi connectivity index (χ1v) is 6.32. The normalized spacial score (nSPS) is 17.6. The molecule has 1 aromatic carbocycles. The maximum absolute atomic E-state index is 11.7. The fourth-order valence-corrected chi connectivity index (χ4v) is 1.91. The Balaban J connectivity index is 2.17. The van der Waals surface area contributed by atoms with Crippen LogP contribution in [0.2, 0.25) is 0 Å². The first-order valence-electron chi connectivity index (χ1n) is 6.32. The van der Waals surface area contributed by atoms with Crippen molar-refractivity contribution in [3.63, 3.8) is 0 Å². The molecule has 96 valence electrons. The predicted octanol–water partition coefficient (Wildman–Crippen LogP) is 1.78. The summed E-state index contributed by atoms with van der Waals surface area (Å²) in [6.45, 7) is 2.17. The lowest BCUT2D eigenvalue weighted by Crippen LogP contribution is -2.37. The molecule has 2 rings (SSSR count). The highest BCUT2D eigenvalue weighted by molar-refractivity contribution is 6.04. The Kier molecular flexibility index (Phi) is 4.10. The third kappa shape index (κ3) is 2.96. The Hall–Kier alpha value is -1.68. The summed E-state index contributed by atoms with van der Waals surface area (Å²) in [6.07, 6.45) is 1.25. The van der Waals surface area contributed by atoms with Gasteiger partial charge in [0.05, 0.1) is 18.4 Å². The van der Waals surface area contributed by atoms with E-state index in [0.717, 1.165) is 11.3 Å². The van der Waals surface area contributed by atoms with Crippen LogP contribution in [0.5, 0.6) is 0 Å². The second-order valence-corrected chi connectivity index (χ2v) is 4.45. The van der Waals surface area contributed by atoms with Crippen molar-refractivity contribution in [3.05, 3.63) is 35.9 Å². The monoisotopic (exact) mass is 246 g/mol. The van der Waals surface area contributed by atoms with Gasteiger partial charge in [0.1, 0.15) is 0 Å². The second kappa shape index (κ2) is 5.78. The fourth-order valence-electron chi connectivity index (χ4n) is 1.91. The summed E-state index contributed by atoms with van der Waals surface area (Å²) in [5.74, 6) is -0.0119. The van der Waals surface area contributed by atoms with Crippen LogP contribution >= 0.6 is 0 Å². The number of aliphatic hydroxyl groups is 1. The molecule has 1 aromatic rings. The Bertz CT molecular complexity index is 442. The molecule has 0 radical (unpaired) electrons. The van der Waals surface area contributed by atoms with E-state index in [-0.39, 0.29) is 12.5 Å². The van der Waals surface area contributed by atoms with E-state index < -0.39 is 6.10 Å². The molecule has 0 bridgehead atoms. The van der Waals surface area contributed by atoms with Crippen molar-refractivity contribution < 1.29 is 9.90 Å². The number of nitrogens with zero attached hydrogens (tertiary/aromatic N) is 2. The zero-order valence-corrected chi connectivity index (χ0v) is 10.5. The molecule has 0 saturated heterocycles. The standard InChI is InChI=1S/C14H18N2O2/c1-2-12(17)10-16-14(18)9-8-13(15-16)11-6-4-3-5-7-11/h3-7,12,17H,2,8-10H2,1H3. The molecule has 1 atom stereocenters. The van der Waals surface area contributed by atoms with Gasteiger partial charge in [0, 0.05) is 12.8 Å². The van der Waals surface area contributed by atoms with Crippen molar-refractivity contribution in [1.82, 2.24) is 5.01 Å². The van der Waals surface area contributed by atoms with Gasteiger partial charge in [-0.3, -0.25) is 4.79 Å².